The summed E-state index contributed by atoms with van der Waals surface area (Å²) < 4.78 is 17.5. The van der Waals surface area contributed by atoms with Crippen molar-refractivity contribution in [2.45, 2.75) is 177 Å². The minimum absolute atomic E-state index is 0.0815. The van der Waals surface area contributed by atoms with Crippen molar-refractivity contribution in [3.8, 4) is 0 Å². The summed E-state index contributed by atoms with van der Waals surface area (Å²) in [7, 11) is 3.49. The number of nitrogens with zero attached hydrogens (tertiary/aromatic N) is 2. The van der Waals surface area contributed by atoms with Gasteiger partial charge in [-0.05, 0) is 158 Å². The zero-order valence-corrected chi connectivity index (χ0v) is 57.0. The third-order valence-electron chi connectivity index (χ3n) is 19.5. The van der Waals surface area contributed by atoms with E-state index in [1.807, 2.05) is 98.8 Å². The van der Waals surface area contributed by atoms with Crippen molar-refractivity contribution in [2.75, 3.05) is 86.5 Å². The van der Waals surface area contributed by atoms with Crippen molar-refractivity contribution in [2.24, 2.45) is 11.8 Å². The Hall–Kier alpha value is -7.15. The van der Waals surface area contributed by atoms with Gasteiger partial charge in [0.1, 0.15) is 30.2 Å². The SMILES string of the molecule is CCC(NC)C(=O)NC1C(=O)N2C(CCC1CCNCc1ccccc1)CCC2C(=O)NC(CNCCCOCCOCCOCCCNC(=O)C(NC(=O)C1CCC2CCC(CCNCc3ccccc3)C(NC(=O)C(CC)NC)C(=O)N21)c1ccccc1)c1ccccc1. The average molecular weight is 1330 g/mol. The van der Waals surface area contributed by atoms with E-state index in [0.29, 0.717) is 149 Å². The molecule has 4 aromatic carbocycles. The molecule has 4 fully saturated rings. The fraction of sp³-hybridized carbons (Fsp3) is 0.581. The van der Waals surface area contributed by atoms with Gasteiger partial charge in [-0.25, -0.2) is 0 Å². The Labute approximate surface area is 568 Å². The number of nitrogens with one attached hydrogen (secondary N) is 10. The van der Waals surface area contributed by atoms with Crippen molar-refractivity contribution in [1.29, 1.82) is 0 Å². The number of rotatable bonds is 41. The van der Waals surface area contributed by atoms with Crippen LogP contribution in [-0.2, 0) is 60.9 Å². The second kappa shape index (κ2) is 40.5. The molecule has 4 heterocycles. The number of ether oxygens (including phenoxy) is 3. The van der Waals surface area contributed by atoms with Crippen LogP contribution in [0.2, 0.25) is 0 Å². The summed E-state index contributed by atoms with van der Waals surface area (Å²) in [6.07, 6.45) is 9.11. The molecule has 12 unspecified atom stereocenters. The molecular formula is C74H108N12O10. The largest absolute Gasteiger partial charge is 0.379 e. The van der Waals surface area contributed by atoms with Gasteiger partial charge in [-0.15, -0.1) is 0 Å². The number of amides is 7. The molecule has 4 aliphatic heterocycles. The number of hydrogen-bond acceptors (Lipinski definition) is 15. The van der Waals surface area contributed by atoms with E-state index in [1.54, 1.807) is 36.0 Å². The molecule has 10 N–H and O–H groups in total. The van der Waals surface area contributed by atoms with Gasteiger partial charge in [-0.3, -0.25) is 33.6 Å². The number of likely N-dealkylation sites (N-methyl/N-ethyl adjacent to an activating group) is 2. The molecule has 4 saturated heterocycles. The van der Waals surface area contributed by atoms with Gasteiger partial charge in [-0.1, -0.05) is 135 Å². The standard InChI is InChI=1S/C74H108N12O10/c1-5-60(75-3)68(87)83-66-56(37-41-78-49-52-21-11-7-12-22-52)29-31-58-33-35-63(85(58)73(66)92)70(89)81-62(54-25-15-9-16-26-54)51-77-39-19-43-94-45-47-96-48-46-95-44-20-40-80-72(91)65(55-27-17-10-18-28-55)82-71(90)64-36-34-59-32-30-57(38-42-79-50-53-23-13-8-14-24-53)67(74(93)86(59)64)84-69(88)61(6-2)76-4/h7-18,21-28,56-67,75-79H,5-6,19-20,29-51H2,1-4H3,(H,80,91)(H,81,89)(H,82,90)(H,83,87)(H,84,88). The molecule has 22 nitrogen and oxygen atoms in total. The highest BCUT2D eigenvalue weighted by Crippen LogP contribution is 2.37. The number of carbonyl (C=O) groups excluding carboxylic acids is 7. The van der Waals surface area contributed by atoms with E-state index in [0.717, 1.165) is 43.2 Å². The molecule has 0 saturated carbocycles. The second-order valence-corrected chi connectivity index (χ2v) is 25.9. The monoisotopic (exact) mass is 1320 g/mol. The van der Waals surface area contributed by atoms with Gasteiger partial charge in [0.15, 0.2) is 0 Å². The van der Waals surface area contributed by atoms with E-state index in [9.17, 15) is 33.6 Å². The molecular weight excluding hydrogens is 1220 g/mol. The zero-order chi connectivity index (χ0) is 67.9. The summed E-state index contributed by atoms with van der Waals surface area (Å²) in [6.45, 7) is 10.5. The van der Waals surface area contributed by atoms with Crippen LogP contribution in [0.5, 0.6) is 0 Å². The van der Waals surface area contributed by atoms with E-state index >= 15 is 0 Å². The number of benzene rings is 4. The summed E-state index contributed by atoms with van der Waals surface area (Å²) >= 11 is 0. The summed E-state index contributed by atoms with van der Waals surface area (Å²) in [5, 5.41) is 32.3. The van der Waals surface area contributed by atoms with Crippen molar-refractivity contribution in [3.63, 3.8) is 0 Å². The Kier molecular flexibility index (Phi) is 31.5. The zero-order valence-electron chi connectivity index (χ0n) is 57.0. The van der Waals surface area contributed by atoms with Gasteiger partial charge in [0.2, 0.25) is 41.4 Å². The lowest BCUT2D eigenvalue weighted by molar-refractivity contribution is -0.144. The fourth-order valence-corrected chi connectivity index (χ4v) is 14.1. The summed E-state index contributed by atoms with van der Waals surface area (Å²) in [5.74, 6) is -2.08. The molecule has 12 atom stereocenters. The summed E-state index contributed by atoms with van der Waals surface area (Å²) in [4.78, 5) is 103. The molecule has 0 aromatic heterocycles. The van der Waals surface area contributed by atoms with Gasteiger partial charge < -0.3 is 77.2 Å². The summed E-state index contributed by atoms with van der Waals surface area (Å²) in [5.41, 5.74) is 3.91. The van der Waals surface area contributed by atoms with Crippen LogP contribution in [0, 0.1) is 11.8 Å². The molecule has 8 rings (SSSR count). The molecule has 7 amide bonds. The predicted octanol–water partition coefficient (Wildman–Crippen LogP) is 5.10. The minimum atomic E-state index is -1.00. The molecule has 96 heavy (non-hydrogen) atoms. The van der Waals surface area contributed by atoms with E-state index in [1.165, 1.54) is 5.56 Å². The van der Waals surface area contributed by atoms with Crippen molar-refractivity contribution in [1.82, 2.24) is 63.0 Å². The summed E-state index contributed by atoms with van der Waals surface area (Å²) in [6, 6.07) is 33.8. The lowest BCUT2D eigenvalue weighted by atomic mass is 9.90. The molecule has 4 aliphatic rings. The Morgan fingerprint density at radius 2 is 0.885 bits per heavy atom. The van der Waals surface area contributed by atoms with Crippen LogP contribution < -0.4 is 53.2 Å². The molecule has 4 aromatic rings. The van der Waals surface area contributed by atoms with Gasteiger partial charge in [0, 0.05) is 51.5 Å². The third-order valence-corrected chi connectivity index (χ3v) is 19.5. The van der Waals surface area contributed by atoms with E-state index in [-0.39, 0.29) is 65.4 Å². The number of carbonyl (C=O) groups is 7. The van der Waals surface area contributed by atoms with Crippen LogP contribution >= 0.6 is 0 Å². The fourth-order valence-electron chi connectivity index (χ4n) is 14.1. The smallest absolute Gasteiger partial charge is 0.247 e. The predicted molar refractivity (Wildman–Crippen MR) is 371 cm³/mol. The third kappa shape index (κ3) is 22.2. The first-order valence-corrected chi connectivity index (χ1v) is 35.4. The quantitative estimate of drug-likeness (QED) is 0.0259. The lowest BCUT2D eigenvalue weighted by Gasteiger charge is -2.33. The Balaban J connectivity index is 0.718. The van der Waals surface area contributed by atoms with Crippen LogP contribution in [0.15, 0.2) is 121 Å². The average Bonchev–Trinajstić information content (AvgIpc) is 1.63. The van der Waals surface area contributed by atoms with Gasteiger partial charge in [0.05, 0.1) is 44.6 Å². The van der Waals surface area contributed by atoms with Crippen LogP contribution in [0.3, 0.4) is 0 Å². The molecule has 22 heteroatoms. The number of fused-ring (bicyclic) bond motifs is 2. The van der Waals surface area contributed by atoms with Crippen LogP contribution in [0.1, 0.15) is 138 Å². The maximum atomic E-state index is 14.8. The molecule has 0 radical (unpaired) electrons. The number of hydrogen-bond donors (Lipinski definition) is 10. The van der Waals surface area contributed by atoms with Crippen molar-refractivity contribution >= 4 is 41.4 Å². The topological polar surface area (TPSA) is 274 Å². The maximum Gasteiger partial charge on any atom is 0.247 e. The van der Waals surface area contributed by atoms with Gasteiger partial charge >= 0.3 is 0 Å². The Morgan fingerprint density at radius 1 is 0.469 bits per heavy atom. The van der Waals surface area contributed by atoms with E-state index < -0.39 is 48.2 Å². The van der Waals surface area contributed by atoms with Gasteiger partial charge in [-0.2, -0.15) is 0 Å². The Bertz CT molecular complexity index is 2990. The normalized spacial score (nSPS) is 22.2. The molecule has 0 bridgehead atoms. The van der Waals surface area contributed by atoms with Crippen molar-refractivity contribution in [3.05, 3.63) is 144 Å². The first kappa shape index (κ1) is 74.6. The van der Waals surface area contributed by atoms with Gasteiger partial charge in [0.25, 0.3) is 0 Å². The first-order valence-electron chi connectivity index (χ1n) is 35.4. The van der Waals surface area contributed by atoms with E-state index in [4.69, 9.17) is 14.2 Å². The lowest BCUT2D eigenvalue weighted by Crippen LogP contribution is -2.58. The molecule has 0 spiro atoms. The van der Waals surface area contributed by atoms with Crippen LogP contribution in [0.25, 0.3) is 0 Å². The Morgan fingerprint density at radius 3 is 1.34 bits per heavy atom. The van der Waals surface area contributed by atoms with Crippen LogP contribution in [-0.4, -0.2) is 186 Å². The first-order chi connectivity index (χ1) is 46.9. The highest BCUT2D eigenvalue weighted by atomic mass is 16.5. The second-order valence-electron chi connectivity index (χ2n) is 25.9. The van der Waals surface area contributed by atoms with Crippen molar-refractivity contribution < 1.29 is 47.8 Å². The highest BCUT2D eigenvalue weighted by molar-refractivity contribution is 5.97. The molecule has 524 valence electrons. The highest BCUT2D eigenvalue weighted by Gasteiger charge is 2.50. The molecule has 0 aliphatic carbocycles. The minimum Gasteiger partial charge on any atom is -0.379 e. The maximum absolute atomic E-state index is 14.8. The van der Waals surface area contributed by atoms with E-state index in [2.05, 4.69) is 77.4 Å². The van der Waals surface area contributed by atoms with Crippen LogP contribution in [0.4, 0.5) is 0 Å².